The molecule has 4 rings (SSSR count). The van der Waals surface area contributed by atoms with Gasteiger partial charge in [-0.05, 0) is 45.1 Å². The molecule has 0 aliphatic carbocycles. The highest BCUT2D eigenvalue weighted by atomic mass is 16.5. The lowest BCUT2D eigenvalue weighted by molar-refractivity contribution is 0.144. The lowest BCUT2D eigenvalue weighted by Crippen LogP contribution is -2.45. The number of carbonyl (C=O) groups excluding carboxylic acids is 1. The standard InChI is InChI=1S/C18H29N5O2/c24-18(22-10-4-5-11-22)23-12-7-14(8-13-23)17-20-16(21-25-17)15-6-2-1-3-9-19-15/h14-15,19H,1-13H2/t15-/m0/s1. The van der Waals surface area contributed by atoms with E-state index in [1.165, 1.54) is 19.3 Å². The van der Waals surface area contributed by atoms with Gasteiger partial charge in [-0.1, -0.05) is 18.0 Å². The number of nitrogens with zero attached hydrogens (tertiary/aromatic N) is 4. The summed E-state index contributed by atoms with van der Waals surface area (Å²) in [5.41, 5.74) is 0. The Kier molecular flexibility index (Phi) is 5.20. The minimum atomic E-state index is 0.213. The van der Waals surface area contributed by atoms with Crippen molar-refractivity contribution in [1.82, 2.24) is 25.3 Å². The first-order valence-corrected chi connectivity index (χ1v) is 9.92. The Bertz CT molecular complexity index is 568. The van der Waals surface area contributed by atoms with Crippen molar-refractivity contribution in [3.8, 4) is 0 Å². The van der Waals surface area contributed by atoms with Crippen LogP contribution in [0.4, 0.5) is 4.79 Å². The third-order valence-electron chi connectivity index (χ3n) is 5.82. The zero-order valence-corrected chi connectivity index (χ0v) is 15.0. The first-order valence-electron chi connectivity index (χ1n) is 9.92. The van der Waals surface area contributed by atoms with Crippen molar-refractivity contribution in [2.24, 2.45) is 0 Å². The Morgan fingerprint density at radius 3 is 2.52 bits per heavy atom. The summed E-state index contributed by atoms with van der Waals surface area (Å²) in [5.74, 6) is 1.86. The maximum Gasteiger partial charge on any atom is 0.319 e. The molecule has 3 fully saturated rings. The van der Waals surface area contributed by atoms with Crippen LogP contribution in [0.1, 0.15) is 75.0 Å². The van der Waals surface area contributed by atoms with Gasteiger partial charge in [0.2, 0.25) is 5.89 Å². The molecule has 3 saturated heterocycles. The molecule has 0 spiro atoms. The van der Waals surface area contributed by atoms with Gasteiger partial charge in [0, 0.05) is 32.1 Å². The SMILES string of the molecule is O=C(N1CCCC1)N1CCC(c2nc([C@@H]3CCCCCN3)no2)CC1. The summed E-state index contributed by atoms with van der Waals surface area (Å²) < 4.78 is 5.58. The van der Waals surface area contributed by atoms with Crippen LogP contribution in [0.15, 0.2) is 4.52 Å². The van der Waals surface area contributed by atoms with E-state index in [1.54, 1.807) is 0 Å². The first-order chi connectivity index (χ1) is 12.3. The van der Waals surface area contributed by atoms with Crippen molar-refractivity contribution in [1.29, 1.82) is 0 Å². The van der Waals surface area contributed by atoms with Gasteiger partial charge in [0.15, 0.2) is 5.82 Å². The number of likely N-dealkylation sites (tertiary alicyclic amines) is 2. The fourth-order valence-electron chi connectivity index (χ4n) is 4.23. The molecule has 1 N–H and O–H groups in total. The van der Waals surface area contributed by atoms with Crippen molar-refractivity contribution in [3.05, 3.63) is 11.7 Å². The number of hydrogen-bond acceptors (Lipinski definition) is 5. The molecule has 7 nitrogen and oxygen atoms in total. The molecule has 1 aromatic rings. The largest absolute Gasteiger partial charge is 0.339 e. The Morgan fingerprint density at radius 2 is 1.72 bits per heavy atom. The zero-order chi connectivity index (χ0) is 17.1. The van der Waals surface area contributed by atoms with Crippen LogP contribution < -0.4 is 5.32 Å². The maximum absolute atomic E-state index is 12.5. The Labute approximate surface area is 149 Å². The molecule has 25 heavy (non-hydrogen) atoms. The number of hydrogen-bond donors (Lipinski definition) is 1. The molecule has 1 atom stereocenters. The minimum Gasteiger partial charge on any atom is -0.339 e. The average molecular weight is 347 g/mol. The van der Waals surface area contributed by atoms with Crippen LogP contribution >= 0.6 is 0 Å². The number of piperidine rings is 1. The van der Waals surface area contributed by atoms with Crippen LogP contribution in [0, 0.1) is 0 Å². The summed E-state index contributed by atoms with van der Waals surface area (Å²) in [4.78, 5) is 21.2. The molecule has 0 radical (unpaired) electrons. The highest BCUT2D eigenvalue weighted by Gasteiger charge is 2.31. The Morgan fingerprint density at radius 1 is 0.960 bits per heavy atom. The topological polar surface area (TPSA) is 74.5 Å². The van der Waals surface area contributed by atoms with E-state index in [0.29, 0.717) is 0 Å². The summed E-state index contributed by atoms with van der Waals surface area (Å²) in [6.07, 6.45) is 8.92. The highest BCUT2D eigenvalue weighted by Crippen LogP contribution is 2.29. The predicted octanol–water partition coefficient (Wildman–Crippen LogP) is 2.67. The van der Waals surface area contributed by atoms with E-state index in [-0.39, 0.29) is 18.0 Å². The lowest BCUT2D eigenvalue weighted by atomic mass is 9.97. The molecule has 0 bridgehead atoms. The van der Waals surface area contributed by atoms with Crippen molar-refractivity contribution in [2.45, 2.75) is 63.3 Å². The number of rotatable bonds is 2. The number of carbonyl (C=O) groups is 1. The fraction of sp³-hybridized carbons (Fsp3) is 0.833. The molecule has 3 aliphatic rings. The number of aromatic nitrogens is 2. The van der Waals surface area contributed by atoms with Gasteiger partial charge in [-0.2, -0.15) is 4.98 Å². The van der Waals surface area contributed by atoms with Gasteiger partial charge in [0.1, 0.15) is 0 Å². The number of amides is 2. The molecular formula is C18H29N5O2. The summed E-state index contributed by atoms with van der Waals surface area (Å²) in [7, 11) is 0. The van der Waals surface area contributed by atoms with Crippen molar-refractivity contribution in [3.63, 3.8) is 0 Å². The molecule has 4 heterocycles. The van der Waals surface area contributed by atoms with Gasteiger partial charge in [0.05, 0.1) is 6.04 Å². The van der Waals surface area contributed by atoms with Gasteiger partial charge < -0.3 is 19.6 Å². The second-order valence-corrected chi connectivity index (χ2v) is 7.58. The van der Waals surface area contributed by atoms with Crippen molar-refractivity contribution < 1.29 is 9.32 Å². The summed E-state index contributed by atoms with van der Waals surface area (Å²) >= 11 is 0. The smallest absolute Gasteiger partial charge is 0.319 e. The molecule has 0 saturated carbocycles. The lowest BCUT2D eigenvalue weighted by Gasteiger charge is -2.33. The minimum absolute atomic E-state index is 0.213. The molecular weight excluding hydrogens is 318 g/mol. The maximum atomic E-state index is 12.5. The summed E-state index contributed by atoms with van der Waals surface area (Å²) in [6.45, 7) is 4.45. The number of nitrogens with one attached hydrogen (secondary N) is 1. The van der Waals surface area contributed by atoms with Gasteiger partial charge in [-0.15, -0.1) is 0 Å². The number of urea groups is 1. The summed E-state index contributed by atoms with van der Waals surface area (Å²) in [5, 5.41) is 7.76. The van der Waals surface area contributed by atoms with Crippen LogP contribution in [-0.4, -0.2) is 58.7 Å². The van der Waals surface area contributed by atoms with Gasteiger partial charge in [-0.3, -0.25) is 0 Å². The van der Waals surface area contributed by atoms with E-state index in [2.05, 4.69) is 10.5 Å². The predicted molar refractivity (Wildman–Crippen MR) is 93.3 cm³/mol. The van der Waals surface area contributed by atoms with Gasteiger partial charge >= 0.3 is 6.03 Å². The average Bonchev–Trinajstić information content (AvgIpc) is 3.29. The second kappa shape index (κ2) is 7.72. The molecule has 138 valence electrons. The first kappa shape index (κ1) is 16.8. The third kappa shape index (κ3) is 3.81. The van der Waals surface area contributed by atoms with Crippen LogP contribution in [0.25, 0.3) is 0 Å². The van der Waals surface area contributed by atoms with Crippen LogP contribution in [0.3, 0.4) is 0 Å². The monoisotopic (exact) mass is 347 g/mol. The van der Waals surface area contributed by atoms with E-state index in [4.69, 9.17) is 9.51 Å². The van der Waals surface area contributed by atoms with Gasteiger partial charge in [-0.25, -0.2) is 4.79 Å². The molecule has 1 aromatic heterocycles. The van der Waals surface area contributed by atoms with Crippen LogP contribution in [-0.2, 0) is 0 Å². The molecule has 3 aliphatic heterocycles. The zero-order valence-electron chi connectivity index (χ0n) is 15.0. The van der Waals surface area contributed by atoms with Gasteiger partial charge in [0.25, 0.3) is 0 Å². The van der Waals surface area contributed by atoms with E-state index < -0.39 is 0 Å². The molecule has 0 aromatic carbocycles. The molecule has 2 amide bonds. The van der Waals surface area contributed by atoms with Crippen molar-refractivity contribution in [2.75, 3.05) is 32.7 Å². The van der Waals surface area contributed by atoms with Crippen LogP contribution in [0.2, 0.25) is 0 Å². The third-order valence-corrected chi connectivity index (χ3v) is 5.82. The molecule has 7 heteroatoms. The fourth-order valence-corrected chi connectivity index (χ4v) is 4.23. The van der Waals surface area contributed by atoms with E-state index in [0.717, 1.165) is 76.5 Å². The highest BCUT2D eigenvalue weighted by molar-refractivity contribution is 5.74. The quantitative estimate of drug-likeness (QED) is 0.890. The summed E-state index contributed by atoms with van der Waals surface area (Å²) in [6, 6.07) is 0.446. The Balaban J connectivity index is 1.32. The van der Waals surface area contributed by atoms with E-state index >= 15 is 0 Å². The second-order valence-electron chi connectivity index (χ2n) is 7.58. The van der Waals surface area contributed by atoms with Crippen LogP contribution in [0.5, 0.6) is 0 Å². The van der Waals surface area contributed by atoms with E-state index in [1.807, 2.05) is 9.80 Å². The normalized spacial score (nSPS) is 26.0. The van der Waals surface area contributed by atoms with Crippen molar-refractivity contribution >= 4 is 6.03 Å². The van der Waals surface area contributed by atoms with E-state index in [9.17, 15) is 4.79 Å². The Hall–Kier alpha value is -1.63. The molecule has 0 unspecified atom stereocenters.